The molecule has 1 aromatic carbocycles. The summed E-state index contributed by atoms with van der Waals surface area (Å²) in [5.41, 5.74) is 12.2. The van der Waals surface area contributed by atoms with Crippen molar-refractivity contribution in [1.29, 1.82) is 0 Å². The lowest BCUT2D eigenvalue weighted by Gasteiger charge is -2.35. The Hall–Kier alpha value is -2.08. The smallest absolute Gasteiger partial charge is 0.240 e. The maximum Gasteiger partial charge on any atom is 0.240 e. The van der Waals surface area contributed by atoms with E-state index in [4.69, 9.17) is 11.5 Å². The monoisotopic (exact) mass is 291 g/mol. The first-order chi connectivity index (χ1) is 9.99. The molecule has 0 bridgehead atoms. The molecule has 1 heterocycles. The van der Waals surface area contributed by atoms with Gasteiger partial charge in [-0.15, -0.1) is 0 Å². The topological polar surface area (TPSA) is 110 Å². The molecule has 5 N–H and O–H groups in total. The van der Waals surface area contributed by atoms with E-state index in [0.29, 0.717) is 19.4 Å². The van der Waals surface area contributed by atoms with Crippen molar-refractivity contribution in [3.8, 4) is 5.75 Å². The lowest BCUT2D eigenvalue weighted by molar-refractivity contribution is -0.142. The third-order valence-electron chi connectivity index (χ3n) is 3.82. The fourth-order valence-corrected chi connectivity index (χ4v) is 2.68. The molecular weight excluding hydrogens is 270 g/mol. The number of hydrogen-bond donors (Lipinski definition) is 3. The average Bonchev–Trinajstić information content (AvgIpc) is 2.48. The molecule has 1 aliphatic heterocycles. The number of hydrogen-bond acceptors (Lipinski definition) is 4. The zero-order valence-corrected chi connectivity index (χ0v) is 11.9. The molecule has 2 amide bonds. The number of benzene rings is 1. The maximum absolute atomic E-state index is 12.4. The van der Waals surface area contributed by atoms with Crippen molar-refractivity contribution < 1.29 is 14.7 Å². The van der Waals surface area contributed by atoms with Crippen LogP contribution in [0.5, 0.6) is 5.75 Å². The first kappa shape index (κ1) is 15.3. The molecule has 2 atom stereocenters. The predicted octanol–water partition coefficient (Wildman–Crippen LogP) is 0.128. The zero-order valence-electron chi connectivity index (χ0n) is 11.9. The van der Waals surface area contributed by atoms with E-state index in [2.05, 4.69) is 0 Å². The highest BCUT2D eigenvalue weighted by Crippen LogP contribution is 2.18. The van der Waals surface area contributed by atoms with Gasteiger partial charge in [0.1, 0.15) is 11.8 Å². The Morgan fingerprint density at radius 2 is 1.95 bits per heavy atom. The van der Waals surface area contributed by atoms with Crippen LogP contribution in [0.15, 0.2) is 24.3 Å². The Kier molecular flexibility index (Phi) is 4.80. The van der Waals surface area contributed by atoms with Gasteiger partial charge in [0, 0.05) is 6.54 Å². The number of phenols is 1. The van der Waals surface area contributed by atoms with Gasteiger partial charge in [-0.1, -0.05) is 12.1 Å². The van der Waals surface area contributed by atoms with Crippen molar-refractivity contribution >= 4 is 11.8 Å². The molecule has 1 fully saturated rings. The highest BCUT2D eigenvalue weighted by atomic mass is 16.3. The molecule has 1 aromatic rings. The largest absolute Gasteiger partial charge is 0.508 e. The predicted molar refractivity (Wildman–Crippen MR) is 78.3 cm³/mol. The van der Waals surface area contributed by atoms with Gasteiger partial charge >= 0.3 is 0 Å². The van der Waals surface area contributed by atoms with Gasteiger partial charge in [-0.25, -0.2) is 0 Å². The Labute approximate surface area is 123 Å². The minimum absolute atomic E-state index is 0.170. The number of phenolic OH excluding ortho intramolecular Hbond substituents is 1. The van der Waals surface area contributed by atoms with Gasteiger partial charge in [0.25, 0.3) is 0 Å². The van der Waals surface area contributed by atoms with Crippen LogP contribution in [-0.4, -0.2) is 40.4 Å². The minimum atomic E-state index is -0.713. The van der Waals surface area contributed by atoms with Gasteiger partial charge in [0.15, 0.2) is 0 Å². The van der Waals surface area contributed by atoms with E-state index in [1.54, 1.807) is 24.3 Å². The molecule has 0 spiro atoms. The van der Waals surface area contributed by atoms with Crippen LogP contribution < -0.4 is 11.5 Å². The lowest BCUT2D eigenvalue weighted by Crippen LogP contribution is -2.55. The maximum atomic E-state index is 12.4. The van der Waals surface area contributed by atoms with Gasteiger partial charge in [-0.3, -0.25) is 9.59 Å². The van der Waals surface area contributed by atoms with Crippen LogP contribution in [0.1, 0.15) is 24.8 Å². The number of carbonyl (C=O) groups excluding carboxylic acids is 2. The fourth-order valence-electron chi connectivity index (χ4n) is 2.68. The van der Waals surface area contributed by atoms with E-state index >= 15 is 0 Å². The van der Waals surface area contributed by atoms with Crippen LogP contribution >= 0.6 is 0 Å². The molecule has 114 valence electrons. The van der Waals surface area contributed by atoms with Crippen LogP contribution in [0.2, 0.25) is 0 Å². The number of aromatic hydroxyl groups is 1. The molecular formula is C15H21N3O3. The summed E-state index contributed by atoms with van der Waals surface area (Å²) in [5, 5.41) is 9.24. The van der Waals surface area contributed by atoms with Crippen molar-refractivity contribution in [3.63, 3.8) is 0 Å². The van der Waals surface area contributed by atoms with Crippen LogP contribution in [0.3, 0.4) is 0 Å². The molecule has 1 saturated heterocycles. The molecule has 6 heteroatoms. The van der Waals surface area contributed by atoms with Gasteiger partial charge in [0.05, 0.1) is 6.04 Å². The van der Waals surface area contributed by atoms with E-state index in [9.17, 15) is 14.7 Å². The molecule has 2 rings (SSSR count). The van der Waals surface area contributed by atoms with Crippen molar-refractivity contribution in [1.82, 2.24) is 4.90 Å². The van der Waals surface area contributed by atoms with Gasteiger partial charge in [0.2, 0.25) is 11.8 Å². The van der Waals surface area contributed by atoms with Crippen molar-refractivity contribution in [2.45, 2.75) is 37.8 Å². The highest BCUT2D eigenvalue weighted by Gasteiger charge is 2.33. The van der Waals surface area contributed by atoms with E-state index in [-0.39, 0.29) is 11.7 Å². The summed E-state index contributed by atoms with van der Waals surface area (Å²) in [5.74, 6) is -0.546. The molecule has 6 nitrogen and oxygen atoms in total. The number of likely N-dealkylation sites (tertiary alicyclic amines) is 1. The average molecular weight is 291 g/mol. The summed E-state index contributed by atoms with van der Waals surface area (Å²) in [6.45, 7) is 0.524. The number of nitrogens with zero attached hydrogens (tertiary/aromatic N) is 1. The third kappa shape index (κ3) is 3.72. The second kappa shape index (κ2) is 6.58. The molecule has 0 radical (unpaired) electrons. The first-order valence-corrected chi connectivity index (χ1v) is 7.12. The van der Waals surface area contributed by atoms with E-state index in [1.165, 1.54) is 4.90 Å². The number of rotatable bonds is 4. The van der Waals surface area contributed by atoms with Crippen LogP contribution in [0.4, 0.5) is 0 Å². The second-order valence-corrected chi connectivity index (χ2v) is 5.42. The summed E-state index contributed by atoms with van der Waals surface area (Å²) >= 11 is 0. The van der Waals surface area contributed by atoms with Crippen molar-refractivity contribution in [3.05, 3.63) is 29.8 Å². The van der Waals surface area contributed by atoms with Crippen molar-refractivity contribution in [2.75, 3.05) is 6.54 Å². The zero-order chi connectivity index (χ0) is 15.4. The van der Waals surface area contributed by atoms with Gasteiger partial charge in [-0.05, 0) is 43.4 Å². The third-order valence-corrected chi connectivity index (χ3v) is 3.82. The molecule has 21 heavy (non-hydrogen) atoms. The van der Waals surface area contributed by atoms with Gasteiger partial charge < -0.3 is 21.5 Å². The molecule has 0 aromatic heterocycles. The number of amides is 2. The van der Waals surface area contributed by atoms with E-state index < -0.39 is 18.0 Å². The standard InChI is InChI=1S/C15H21N3O3/c16-12(9-10-4-6-11(19)7-5-10)15(21)18-8-2-1-3-13(18)14(17)20/h4-7,12-13,19H,1-3,8-9,16H2,(H2,17,20)/t12-,13?/m1/s1. The summed E-state index contributed by atoms with van der Waals surface area (Å²) < 4.78 is 0. The molecule has 0 aliphatic carbocycles. The number of nitrogens with two attached hydrogens (primary N) is 2. The first-order valence-electron chi connectivity index (χ1n) is 7.12. The Morgan fingerprint density at radius 1 is 1.29 bits per heavy atom. The Bertz CT molecular complexity index is 515. The van der Waals surface area contributed by atoms with Crippen molar-refractivity contribution in [2.24, 2.45) is 11.5 Å². The van der Waals surface area contributed by atoms with Crippen LogP contribution in [0.25, 0.3) is 0 Å². The van der Waals surface area contributed by atoms with Gasteiger partial charge in [-0.2, -0.15) is 0 Å². The Morgan fingerprint density at radius 3 is 2.57 bits per heavy atom. The van der Waals surface area contributed by atoms with E-state index in [0.717, 1.165) is 18.4 Å². The van der Waals surface area contributed by atoms with Crippen LogP contribution in [-0.2, 0) is 16.0 Å². The number of piperidine rings is 1. The quantitative estimate of drug-likeness (QED) is 0.732. The molecule has 0 saturated carbocycles. The van der Waals surface area contributed by atoms with Crippen LogP contribution in [0, 0.1) is 0 Å². The second-order valence-electron chi connectivity index (χ2n) is 5.42. The lowest BCUT2D eigenvalue weighted by atomic mass is 9.98. The number of primary amides is 1. The normalized spacial score (nSPS) is 20.0. The molecule has 1 unspecified atom stereocenters. The summed E-state index contributed by atoms with van der Waals surface area (Å²) in [6.07, 6.45) is 2.72. The number of carbonyl (C=O) groups is 2. The SMILES string of the molecule is NC(=O)C1CCCCN1C(=O)[C@H](N)Cc1ccc(O)cc1. The minimum Gasteiger partial charge on any atom is -0.508 e. The fraction of sp³-hybridized carbons (Fsp3) is 0.467. The summed E-state index contributed by atoms with van der Waals surface area (Å²) in [6, 6.07) is 5.31. The van der Waals surface area contributed by atoms with E-state index in [1.807, 2.05) is 0 Å². The Balaban J connectivity index is 2.03. The molecule has 1 aliphatic rings. The summed E-state index contributed by atoms with van der Waals surface area (Å²) in [4.78, 5) is 25.4. The highest BCUT2D eigenvalue weighted by molar-refractivity contribution is 5.89. The summed E-state index contributed by atoms with van der Waals surface area (Å²) in [7, 11) is 0.